The van der Waals surface area contributed by atoms with Gasteiger partial charge in [0.1, 0.15) is 0 Å². The number of rotatable bonds is 5. The first-order valence-electron chi connectivity index (χ1n) is 3.57. The van der Waals surface area contributed by atoms with Gasteiger partial charge in [-0.1, -0.05) is 6.92 Å². The van der Waals surface area contributed by atoms with Gasteiger partial charge in [0.05, 0.1) is 0 Å². The van der Waals surface area contributed by atoms with Crippen molar-refractivity contribution in [3.63, 3.8) is 0 Å². The van der Waals surface area contributed by atoms with Crippen molar-refractivity contribution in [1.29, 1.82) is 0 Å². The smallest absolute Gasteiger partial charge is 0.156 e. The van der Waals surface area contributed by atoms with Crippen molar-refractivity contribution in [2.45, 2.75) is 19.6 Å². The number of ether oxygens (including phenoxy) is 1. The Morgan fingerprint density at radius 3 is 2.60 bits per heavy atom. The Morgan fingerprint density at radius 2 is 2.20 bits per heavy atom. The van der Waals surface area contributed by atoms with E-state index in [9.17, 15) is 0 Å². The molecule has 0 rings (SSSR count). The number of nitrogens with one attached hydrogen (secondary N) is 1. The molecule has 2 atom stereocenters. The van der Waals surface area contributed by atoms with Crippen LogP contribution < -0.4 is 5.32 Å². The van der Waals surface area contributed by atoms with Gasteiger partial charge in [-0.2, -0.15) is 0 Å². The molecule has 0 saturated heterocycles. The third-order valence-electron chi connectivity index (χ3n) is 1.58. The molecule has 3 heteroatoms. The summed E-state index contributed by atoms with van der Waals surface area (Å²) in [5.41, 5.74) is 0. The molecule has 0 aliphatic rings. The lowest BCUT2D eigenvalue weighted by Crippen LogP contribution is -2.23. The second-order valence-corrected chi connectivity index (χ2v) is 2.50. The fraction of sp³-hybridized carbons (Fsp3) is 1.00. The van der Waals surface area contributed by atoms with E-state index in [1.54, 1.807) is 0 Å². The molecule has 0 saturated carbocycles. The normalized spacial score (nSPS) is 16.8. The van der Waals surface area contributed by atoms with Gasteiger partial charge < -0.3 is 15.2 Å². The quantitative estimate of drug-likeness (QED) is 0.546. The van der Waals surface area contributed by atoms with Crippen LogP contribution >= 0.6 is 0 Å². The summed E-state index contributed by atoms with van der Waals surface area (Å²) in [5.74, 6) is 0.206. The van der Waals surface area contributed by atoms with Gasteiger partial charge in [-0.25, -0.2) is 0 Å². The molecule has 0 amide bonds. The third-order valence-corrected chi connectivity index (χ3v) is 1.58. The standard InChI is InChI=1S/C7H17NO2/c1-6(4-5-8-2)7(9)10-3/h6-9H,4-5H2,1-3H3. The minimum absolute atomic E-state index is 0.206. The van der Waals surface area contributed by atoms with Gasteiger partial charge in [0.2, 0.25) is 0 Å². The molecule has 0 aliphatic carbocycles. The average molecular weight is 147 g/mol. The van der Waals surface area contributed by atoms with Crippen LogP contribution in [0.15, 0.2) is 0 Å². The molecular formula is C7H17NO2. The minimum Gasteiger partial charge on any atom is -0.368 e. The summed E-state index contributed by atoms with van der Waals surface area (Å²) >= 11 is 0. The zero-order chi connectivity index (χ0) is 7.98. The highest BCUT2D eigenvalue weighted by atomic mass is 16.6. The van der Waals surface area contributed by atoms with Crippen molar-refractivity contribution in [3.05, 3.63) is 0 Å². The molecule has 0 aromatic heterocycles. The summed E-state index contributed by atoms with van der Waals surface area (Å²) < 4.78 is 4.74. The Kier molecular flexibility index (Phi) is 5.58. The van der Waals surface area contributed by atoms with Crippen LogP contribution in [-0.2, 0) is 4.74 Å². The Labute approximate surface area is 62.4 Å². The molecule has 10 heavy (non-hydrogen) atoms. The van der Waals surface area contributed by atoms with Crippen molar-refractivity contribution < 1.29 is 9.84 Å². The van der Waals surface area contributed by atoms with Gasteiger partial charge in [0, 0.05) is 13.0 Å². The highest BCUT2D eigenvalue weighted by Crippen LogP contribution is 2.06. The topological polar surface area (TPSA) is 41.5 Å². The van der Waals surface area contributed by atoms with Gasteiger partial charge in [-0.15, -0.1) is 0 Å². The van der Waals surface area contributed by atoms with Crippen molar-refractivity contribution >= 4 is 0 Å². The van der Waals surface area contributed by atoms with Crippen molar-refractivity contribution in [3.8, 4) is 0 Å². The molecule has 3 nitrogen and oxygen atoms in total. The van der Waals surface area contributed by atoms with Crippen LogP contribution in [0.2, 0.25) is 0 Å². The van der Waals surface area contributed by atoms with Crippen molar-refractivity contribution in [2.24, 2.45) is 5.92 Å². The lowest BCUT2D eigenvalue weighted by molar-refractivity contribution is -0.109. The van der Waals surface area contributed by atoms with Crippen LogP contribution in [0, 0.1) is 5.92 Å². The van der Waals surface area contributed by atoms with Gasteiger partial charge in [-0.05, 0) is 20.0 Å². The summed E-state index contributed by atoms with van der Waals surface area (Å²) in [6.45, 7) is 2.88. The fourth-order valence-corrected chi connectivity index (χ4v) is 0.747. The van der Waals surface area contributed by atoms with Crippen LogP contribution in [0.4, 0.5) is 0 Å². The van der Waals surface area contributed by atoms with Gasteiger partial charge in [0.25, 0.3) is 0 Å². The van der Waals surface area contributed by atoms with E-state index in [1.807, 2.05) is 14.0 Å². The van der Waals surface area contributed by atoms with Gasteiger partial charge in [-0.3, -0.25) is 0 Å². The monoisotopic (exact) mass is 147 g/mol. The van der Waals surface area contributed by atoms with E-state index in [0.29, 0.717) is 0 Å². The molecule has 0 bridgehead atoms. The molecule has 0 aromatic carbocycles. The van der Waals surface area contributed by atoms with E-state index in [-0.39, 0.29) is 5.92 Å². The number of hydrogen-bond acceptors (Lipinski definition) is 3. The number of methoxy groups -OCH3 is 1. The van der Waals surface area contributed by atoms with Crippen molar-refractivity contribution in [2.75, 3.05) is 20.7 Å². The number of aliphatic hydroxyl groups is 1. The molecule has 0 aromatic rings. The second-order valence-electron chi connectivity index (χ2n) is 2.50. The summed E-state index contributed by atoms with van der Waals surface area (Å²) in [6, 6.07) is 0. The number of aliphatic hydroxyl groups excluding tert-OH is 1. The molecule has 0 fully saturated rings. The minimum atomic E-state index is -0.617. The molecule has 2 unspecified atom stereocenters. The second kappa shape index (κ2) is 5.65. The number of hydrogen-bond donors (Lipinski definition) is 2. The van der Waals surface area contributed by atoms with Crippen LogP contribution in [0.1, 0.15) is 13.3 Å². The van der Waals surface area contributed by atoms with E-state index in [4.69, 9.17) is 9.84 Å². The first-order chi connectivity index (χ1) is 4.72. The first-order valence-corrected chi connectivity index (χ1v) is 3.57. The fourth-order valence-electron chi connectivity index (χ4n) is 0.747. The summed E-state index contributed by atoms with van der Waals surface area (Å²) in [7, 11) is 3.41. The van der Waals surface area contributed by atoms with E-state index in [0.717, 1.165) is 13.0 Å². The molecule has 62 valence electrons. The highest BCUT2D eigenvalue weighted by Gasteiger charge is 2.11. The van der Waals surface area contributed by atoms with Crippen LogP contribution in [0.5, 0.6) is 0 Å². The predicted molar refractivity (Wildman–Crippen MR) is 40.7 cm³/mol. The van der Waals surface area contributed by atoms with Crippen LogP contribution in [-0.4, -0.2) is 32.1 Å². The van der Waals surface area contributed by atoms with Gasteiger partial charge in [0.15, 0.2) is 6.29 Å². The Morgan fingerprint density at radius 1 is 1.60 bits per heavy atom. The summed E-state index contributed by atoms with van der Waals surface area (Å²) in [6.07, 6.45) is 0.319. The van der Waals surface area contributed by atoms with E-state index < -0.39 is 6.29 Å². The van der Waals surface area contributed by atoms with E-state index >= 15 is 0 Å². The molecule has 0 spiro atoms. The average Bonchev–Trinajstić information content (AvgIpc) is 1.98. The molecular weight excluding hydrogens is 130 g/mol. The lowest BCUT2D eigenvalue weighted by atomic mass is 10.1. The third kappa shape index (κ3) is 3.82. The maximum atomic E-state index is 9.10. The molecule has 0 aliphatic heterocycles. The van der Waals surface area contributed by atoms with Gasteiger partial charge >= 0.3 is 0 Å². The van der Waals surface area contributed by atoms with E-state index in [1.165, 1.54) is 7.11 Å². The maximum absolute atomic E-state index is 9.10. The summed E-state index contributed by atoms with van der Waals surface area (Å²) in [5, 5.41) is 12.1. The summed E-state index contributed by atoms with van der Waals surface area (Å²) in [4.78, 5) is 0. The highest BCUT2D eigenvalue weighted by molar-refractivity contribution is 4.56. The zero-order valence-corrected chi connectivity index (χ0v) is 6.92. The zero-order valence-electron chi connectivity index (χ0n) is 6.92. The molecule has 0 heterocycles. The first kappa shape index (κ1) is 9.88. The van der Waals surface area contributed by atoms with Crippen molar-refractivity contribution in [1.82, 2.24) is 5.32 Å². The Bertz CT molecular complexity index is 78.0. The SMILES string of the molecule is CNCCC(C)C(O)OC. The predicted octanol–water partition coefficient (Wildman–Crippen LogP) is 0.197. The molecule has 0 radical (unpaired) electrons. The molecule has 2 N–H and O–H groups in total. The lowest BCUT2D eigenvalue weighted by Gasteiger charge is -2.16. The Hall–Kier alpha value is -0.120. The largest absolute Gasteiger partial charge is 0.368 e. The maximum Gasteiger partial charge on any atom is 0.156 e. The Balaban J connectivity index is 3.31. The van der Waals surface area contributed by atoms with E-state index in [2.05, 4.69) is 5.32 Å². The van der Waals surface area contributed by atoms with Crippen LogP contribution in [0.3, 0.4) is 0 Å². The van der Waals surface area contributed by atoms with Crippen LogP contribution in [0.25, 0.3) is 0 Å².